The van der Waals surface area contributed by atoms with Gasteiger partial charge >= 0.3 is 6.09 Å². The van der Waals surface area contributed by atoms with Crippen LogP contribution >= 0.6 is 11.6 Å². The molecule has 2 N–H and O–H groups in total. The van der Waals surface area contributed by atoms with Gasteiger partial charge < -0.3 is 20.1 Å². The second-order valence-corrected chi connectivity index (χ2v) is 7.96. The molecule has 3 heterocycles. The number of carbonyl (C=O) groups is 1. The minimum absolute atomic E-state index is 0.00942. The van der Waals surface area contributed by atoms with Crippen LogP contribution < -0.4 is 10.1 Å². The number of amides is 1. The van der Waals surface area contributed by atoms with Gasteiger partial charge in [0.15, 0.2) is 11.5 Å². The Morgan fingerprint density at radius 1 is 1.30 bits per heavy atom. The highest BCUT2D eigenvalue weighted by Gasteiger charge is 2.29. The molecule has 158 valence electrons. The quantitative estimate of drug-likeness (QED) is 0.634. The summed E-state index contributed by atoms with van der Waals surface area (Å²) in [5.41, 5.74) is 1.73. The highest BCUT2D eigenvalue weighted by Crippen LogP contribution is 2.31. The number of pyridine rings is 1. The van der Waals surface area contributed by atoms with Crippen LogP contribution in [0.2, 0.25) is 5.02 Å². The van der Waals surface area contributed by atoms with Crippen molar-refractivity contribution in [3.63, 3.8) is 0 Å². The number of ether oxygens (including phenoxy) is 1. The summed E-state index contributed by atoms with van der Waals surface area (Å²) in [6, 6.07) is 9.49. The second kappa shape index (κ2) is 8.39. The van der Waals surface area contributed by atoms with Crippen molar-refractivity contribution >= 4 is 34.5 Å². The number of hydrogen-bond donors (Lipinski definition) is 2. The fourth-order valence-corrected chi connectivity index (χ4v) is 4.09. The van der Waals surface area contributed by atoms with Crippen molar-refractivity contribution in [1.82, 2.24) is 19.7 Å². The molecule has 0 spiro atoms. The highest BCUT2D eigenvalue weighted by molar-refractivity contribution is 6.36. The van der Waals surface area contributed by atoms with Gasteiger partial charge in [0.25, 0.3) is 0 Å². The molecule has 1 aliphatic heterocycles. The van der Waals surface area contributed by atoms with E-state index in [2.05, 4.69) is 10.3 Å². The van der Waals surface area contributed by atoms with Gasteiger partial charge in [0.1, 0.15) is 5.75 Å². The van der Waals surface area contributed by atoms with E-state index in [0.717, 1.165) is 29.5 Å². The van der Waals surface area contributed by atoms with Crippen molar-refractivity contribution in [2.45, 2.75) is 38.4 Å². The third kappa shape index (κ3) is 4.00. The van der Waals surface area contributed by atoms with Crippen molar-refractivity contribution in [3.05, 3.63) is 47.1 Å². The number of carboxylic acid groups (broad SMARTS) is 1. The van der Waals surface area contributed by atoms with Crippen LogP contribution in [0.25, 0.3) is 11.0 Å². The molecule has 1 aromatic carbocycles. The van der Waals surface area contributed by atoms with Crippen LogP contribution in [0.15, 0.2) is 36.5 Å². The van der Waals surface area contributed by atoms with Gasteiger partial charge in [0, 0.05) is 24.8 Å². The van der Waals surface area contributed by atoms with Crippen LogP contribution in [0.5, 0.6) is 5.75 Å². The van der Waals surface area contributed by atoms with Crippen molar-refractivity contribution in [2.75, 3.05) is 19.0 Å². The second-order valence-electron chi connectivity index (χ2n) is 7.55. The van der Waals surface area contributed by atoms with E-state index in [1.54, 1.807) is 19.4 Å². The van der Waals surface area contributed by atoms with E-state index in [-0.39, 0.29) is 12.1 Å². The Hall–Kier alpha value is -3.00. The van der Waals surface area contributed by atoms with Gasteiger partial charge in [0.2, 0.25) is 0 Å². The number of halogens is 1. The zero-order valence-electron chi connectivity index (χ0n) is 16.9. The molecule has 0 saturated carbocycles. The van der Waals surface area contributed by atoms with Gasteiger partial charge in [-0.2, -0.15) is 5.10 Å². The number of hydrogen-bond acceptors (Lipinski definition) is 5. The van der Waals surface area contributed by atoms with E-state index < -0.39 is 6.09 Å². The summed E-state index contributed by atoms with van der Waals surface area (Å²) in [4.78, 5) is 17.5. The summed E-state index contributed by atoms with van der Waals surface area (Å²) < 4.78 is 7.03. The summed E-state index contributed by atoms with van der Waals surface area (Å²) in [7, 11) is 1.64. The molecule has 3 aromatic rings. The van der Waals surface area contributed by atoms with Crippen molar-refractivity contribution in [3.8, 4) is 5.75 Å². The molecule has 1 saturated heterocycles. The molecule has 1 fully saturated rings. The predicted octanol–water partition coefficient (Wildman–Crippen LogP) is 4.08. The topological polar surface area (TPSA) is 92.5 Å². The number of piperidine rings is 1. The van der Waals surface area contributed by atoms with Crippen LogP contribution in [0.4, 0.5) is 10.6 Å². The molecule has 9 heteroatoms. The fourth-order valence-electron chi connectivity index (χ4n) is 3.86. The lowest BCUT2D eigenvalue weighted by atomic mass is 10.00. The van der Waals surface area contributed by atoms with Gasteiger partial charge in [-0.1, -0.05) is 23.7 Å². The van der Waals surface area contributed by atoms with Crippen LogP contribution in [0.3, 0.4) is 0 Å². The van der Waals surface area contributed by atoms with Crippen molar-refractivity contribution in [1.29, 1.82) is 0 Å². The van der Waals surface area contributed by atoms with Crippen LogP contribution in [0.1, 0.15) is 25.3 Å². The first-order valence-corrected chi connectivity index (χ1v) is 10.2. The SMILES string of the molecule is COc1ccc(Cn2nc(N[C@@H]3CC[C@H](C)N(C(=O)O)C3)c3c(Cl)ccnc32)cc1. The summed E-state index contributed by atoms with van der Waals surface area (Å²) in [6.07, 6.45) is 2.41. The maximum absolute atomic E-state index is 11.5. The number of rotatable bonds is 5. The highest BCUT2D eigenvalue weighted by atomic mass is 35.5. The molecule has 0 radical (unpaired) electrons. The van der Waals surface area contributed by atoms with Gasteiger partial charge in [-0.25, -0.2) is 14.5 Å². The Kier molecular flexibility index (Phi) is 5.67. The lowest BCUT2D eigenvalue weighted by molar-refractivity contribution is 0.108. The predicted molar refractivity (Wildman–Crippen MR) is 115 cm³/mol. The summed E-state index contributed by atoms with van der Waals surface area (Å²) in [5, 5.41) is 18.9. The first-order valence-electron chi connectivity index (χ1n) is 9.86. The van der Waals surface area contributed by atoms with E-state index in [9.17, 15) is 9.90 Å². The lowest BCUT2D eigenvalue weighted by Gasteiger charge is -2.36. The van der Waals surface area contributed by atoms with E-state index in [4.69, 9.17) is 21.4 Å². The number of likely N-dealkylation sites (tertiary alicyclic amines) is 1. The third-order valence-corrected chi connectivity index (χ3v) is 5.86. The molecule has 0 aliphatic carbocycles. The Morgan fingerprint density at radius 2 is 2.07 bits per heavy atom. The Labute approximate surface area is 179 Å². The van der Waals surface area contributed by atoms with Gasteiger partial charge in [-0.05, 0) is 43.5 Å². The average Bonchev–Trinajstić information content (AvgIpc) is 3.08. The smallest absolute Gasteiger partial charge is 0.407 e. The fraction of sp³-hybridized carbons (Fsp3) is 0.381. The van der Waals surface area contributed by atoms with Crippen LogP contribution in [-0.4, -0.2) is 56.6 Å². The number of nitrogens with one attached hydrogen (secondary N) is 1. The number of nitrogens with zero attached hydrogens (tertiary/aromatic N) is 4. The summed E-state index contributed by atoms with van der Waals surface area (Å²) in [5.74, 6) is 1.42. The monoisotopic (exact) mass is 429 g/mol. The van der Waals surface area contributed by atoms with E-state index in [1.807, 2.05) is 35.9 Å². The molecule has 30 heavy (non-hydrogen) atoms. The van der Waals surface area contributed by atoms with Gasteiger partial charge in [-0.15, -0.1) is 0 Å². The third-order valence-electron chi connectivity index (χ3n) is 5.54. The first kappa shape index (κ1) is 20.3. The molecule has 8 nitrogen and oxygen atoms in total. The normalized spacial score (nSPS) is 19.1. The Bertz CT molecular complexity index is 1050. The lowest BCUT2D eigenvalue weighted by Crippen LogP contribution is -2.49. The molecular weight excluding hydrogens is 406 g/mol. The molecule has 0 bridgehead atoms. The average molecular weight is 430 g/mol. The van der Waals surface area contributed by atoms with Gasteiger partial charge in [0.05, 0.1) is 24.1 Å². The molecule has 2 aromatic heterocycles. The number of benzene rings is 1. The Balaban J connectivity index is 1.62. The molecule has 4 rings (SSSR count). The van der Waals surface area contributed by atoms with E-state index >= 15 is 0 Å². The molecular formula is C21H24ClN5O3. The van der Waals surface area contributed by atoms with Crippen molar-refractivity contribution < 1.29 is 14.6 Å². The van der Waals surface area contributed by atoms with E-state index in [1.165, 1.54) is 4.90 Å². The number of aromatic nitrogens is 3. The van der Waals surface area contributed by atoms with Gasteiger partial charge in [-0.3, -0.25) is 0 Å². The minimum Gasteiger partial charge on any atom is -0.497 e. The number of methoxy groups -OCH3 is 1. The minimum atomic E-state index is -0.899. The zero-order valence-corrected chi connectivity index (χ0v) is 17.6. The molecule has 1 aliphatic rings. The van der Waals surface area contributed by atoms with Crippen LogP contribution in [-0.2, 0) is 6.54 Å². The summed E-state index contributed by atoms with van der Waals surface area (Å²) >= 11 is 6.48. The maximum Gasteiger partial charge on any atom is 0.407 e. The largest absolute Gasteiger partial charge is 0.497 e. The maximum atomic E-state index is 11.5. The molecule has 1 amide bonds. The zero-order chi connectivity index (χ0) is 21.3. The standard InChI is InChI=1S/C21H24ClN5O3/c1-13-3-6-15(12-26(13)21(28)29)24-19-18-17(22)9-10-23-20(18)27(25-19)11-14-4-7-16(30-2)8-5-14/h4-5,7-10,13,15H,3,6,11-12H2,1-2H3,(H,24,25)(H,28,29)/t13-,15+/m0/s1. The van der Waals surface area contributed by atoms with Crippen molar-refractivity contribution in [2.24, 2.45) is 0 Å². The number of anilines is 1. The first-order chi connectivity index (χ1) is 14.5. The molecule has 2 atom stereocenters. The van der Waals surface area contributed by atoms with Crippen LogP contribution in [0, 0.1) is 0 Å². The Morgan fingerprint density at radius 3 is 2.77 bits per heavy atom. The number of fused-ring (bicyclic) bond motifs is 1. The molecule has 0 unspecified atom stereocenters. The van der Waals surface area contributed by atoms with E-state index in [0.29, 0.717) is 29.6 Å². The summed E-state index contributed by atoms with van der Waals surface area (Å²) in [6.45, 7) is 2.86.